The summed E-state index contributed by atoms with van der Waals surface area (Å²) >= 11 is 5.91. The van der Waals surface area contributed by atoms with Gasteiger partial charge in [-0.05, 0) is 73.7 Å². The first-order valence-corrected chi connectivity index (χ1v) is 10.5. The maximum Gasteiger partial charge on any atom is 0.197 e. The van der Waals surface area contributed by atoms with Crippen LogP contribution in [0.1, 0.15) is 27.6 Å². The second-order valence-electron chi connectivity index (χ2n) is 6.85. The number of hydrogen-bond acceptors (Lipinski definition) is 7. The van der Waals surface area contributed by atoms with Crippen molar-refractivity contribution in [3.8, 4) is 17.2 Å². The minimum Gasteiger partial charge on any atom is -0.494 e. The maximum atomic E-state index is 13.4. The number of nitrogens with zero attached hydrogens (tertiary/aromatic N) is 2. The van der Waals surface area contributed by atoms with Crippen molar-refractivity contribution in [2.75, 3.05) is 20.8 Å². The molecule has 0 amide bonds. The Hall–Kier alpha value is -3.71. The van der Waals surface area contributed by atoms with Crippen LogP contribution in [0.25, 0.3) is 0 Å². The van der Waals surface area contributed by atoms with Gasteiger partial charge in [0, 0.05) is 16.1 Å². The van der Waals surface area contributed by atoms with Gasteiger partial charge in [-0.2, -0.15) is 10.2 Å². The van der Waals surface area contributed by atoms with E-state index >= 15 is 0 Å². The highest BCUT2D eigenvalue weighted by molar-refractivity contribution is 6.30. The third kappa shape index (κ3) is 5.96. The summed E-state index contributed by atoms with van der Waals surface area (Å²) in [6.45, 7) is 2.37. The number of halogens is 1. The zero-order chi connectivity index (χ0) is 23.8. The smallest absolute Gasteiger partial charge is 0.197 e. The lowest BCUT2D eigenvalue weighted by atomic mass is 9.96. The average molecular weight is 467 g/mol. The molecule has 0 aromatic heterocycles. The van der Waals surface area contributed by atoms with Gasteiger partial charge in [-0.25, -0.2) is 0 Å². The van der Waals surface area contributed by atoms with Gasteiger partial charge >= 0.3 is 0 Å². The molecule has 7 nitrogen and oxygen atoms in total. The molecule has 1 unspecified atom stereocenters. The van der Waals surface area contributed by atoms with E-state index in [-0.39, 0.29) is 5.56 Å². The minimum atomic E-state index is -1.39. The molecule has 0 aliphatic heterocycles. The fourth-order valence-corrected chi connectivity index (χ4v) is 3.17. The predicted molar refractivity (Wildman–Crippen MR) is 126 cm³/mol. The first-order valence-electron chi connectivity index (χ1n) is 10.2. The monoisotopic (exact) mass is 466 g/mol. The molecule has 0 saturated heterocycles. The highest BCUT2D eigenvalue weighted by Crippen LogP contribution is 2.29. The molecule has 3 aromatic carbocycles. The van der Waals surface area contributed by atoms with Gasteiger partial charge in [0.15, 0.2) is 29.1 Å². The Balaban J connectivity index is 1.97. The van der Waals surface area contributed by atoms with Crippen molar-refractivity contribution in [3.05, 3.63) is 82.9 Å². The van der Waals surface area contributed by atoms with E-state index in [0.29, 0.717) is 40.1 Å². The Kier molecular flexibility index (Phi) is 8.16. The third-order valence-electron chi connectivity index (χ3n) is 4.73. The molecule has 3 aromatic rings. The van der Waals surface area contributed by atoms with Gasteiger partial charge in [-0.15, -0.1) is 0 Å². The lowest BCUT2D eigenvalue weighted by molar-refractivity contribution is 0.0861. The predicted octanol–water partition coefficient (Wildman–Crippen LogP) is 5.97. The minimum absolute atomic E-state index is 0.243. The van der Waals surface area contributed by atoms with Crippen LogP contribution in [0.4, 0.5) is 5.69 Å². The number of carbonyl (C=O) groups is 2. The van der Waals surface area contributed by atoms with Crippen molar-refractivity contribution in [1.29, 1.82) is 0 Å². The van der Waals surface area contributed by atoms with Crippen LogP contribution in [0, 0.1) is 0 Å². The molecule has 8 heteroatoms. The van der Waals surface area contributed by atoms with Gasteiger partial charge < -0.3 is 14.2 Å². The summed E-state index contributed by atoms with van der Waals surface area (Å²) in [4.78, 5) is 26.6. The highest BCUT2D eigenvalue weighted by atomic mass is 35.5. The van der Waals surface area contributed by atoms with Crippen molar-refractivity contribution in [2.45, 2.75) is 13.0 Å². The van der Waals surface area contributed by atoms with Gasteiger partial charge in [-0.3, -0.25) is 9.59 Å². The maximum absolute atomic E-state index is 13.4. The number of ether oxygens (including phenoxy) is 3. The SMILES string of the molecule is CCOc1ccc(C(=O)C(N=Nc2ccc(Cl)cc2)C(=O)c2ccc(OC)c(OC)c2)cc1. The van der Waals surface area contributed by atoms with Crippen molar-refractivity contribution in [2.24, 2.45) is 10.2 Å². The summed E-state index contributed by atoms with van der Waals surface area (Å²) < 4.78 is 15.9. The van der Waals surface area contributed by atoms with Crippen LogP contribution < -0.4 is 14.2 Å². The van der Waals surface area contributed by atoms with E-state index in [2.05, 4.69) is 10.2 Å². The van der Waals surface area contributed by atoms with E-state index in [1.54, 1.807) is 60.7 Å². The quantitative estimate of drug-likeness (QED) is 0.208. The summed E-state index contributed by atoms with van der Waals surface area (Å²) in [6, 6.07) is 16.4. The lowest BCUT2D eigenvalue weighted by Gasteiger charge is -2.13. The molecule has 0 saturated carbocycles. The Labute approximate surface area is 197 Å². The first kappa shape index (κ1) is 23.9. The van der Waals surface area contributed by atoms with Gasteiger partial charge in [0.25, 0.3) is 0 Å². The largest absolute Gasteiger partial charge is 0.494 e. The second-order valence-corrected chi connectivity index (χ2v) is 7.29. The van der Waals surface area contributed by atoms with E-state index in [4.69, 9.17) is 25.8 Å². The Morgan fingerprint density at radius 2 is 1.45 bits per heavy atom. The van der Waals surface area contributed by atoms with Crippen molar-refractivity contribution in [1.82, 2.24) is 0 Å². The van der Waals surface area contributed by atoms with Gasteiger partial charge in [0.05, 0.1) is 26.5 Å². The molecule has 0 spiro atoms. The molecular weight excluding hydrogens is 444 g/mol. The summed E-state index contributed by atoms with van der Waals surface area (Å²) in [5, 5.41) is 8.76. The molecule has 170 valence electrons. The van der Waals surface area contributed by atoms with Crippen LogP contribution >= 0.6 is 11.6 Å². The first-order chi connectivity index (χ1) is 16.0. The Bertz CT molecular complexity index is 1140. The fourth-order valence-electron chi connectivity index (χ4n) is 3.04. The molecule has 33 heavy (non-hydrogen) atoms. The van der Waals surface area contributed by atoms with Crippen LogP contribution in [0.5, 0.6) is 17.2 Å². The number of hydrogen-bond donors (Lipinski definition) is 0. The standard InChI is InChI=1S/C25H23ClN2O5/c1-4-33-20-12-5-16(6-13-20)24(29)23(28-27-19-10-8-18(26)9-11-19)25(30)17-7-14-21(31-2)22(15-17)32-3/h5-15,23H,4H2,1-3H3. The molecule has 0 heterocycles. The van der Waals surface area contributed by atoms with E-state index in [9.17, 15) is 9.59 Å². The van der Waals surface area contributed by atoms with Gasteiger partial charge in [-0.1, -0.05) is 11.6 Å². The Morgan fingerprint density at radius 1 is 0.848 bits per heavy atom. The van der Waals surface area contributed by atoms with Crippen LogP contribution in [0.2, 0.25) is 5.02 Å². The van der Waals surface area contributed by atoms with Crippen LogP contribution in [-0.2, 0) is 0 Å². The fraction of sp³-hybridized carbons (Fsp3) is 0.200. The van der Waals surface area contributed by atoms with E-state index in [0.717, 1.165) is 0 Å². The van der Waals surface area contributed by atoms with Crippen LogP contribution in [-0.4, -0.2) is 38.4 Å². The van der Waals surface area contributed by atoms with Crippen molar-refractivity contribution in [3.63, 3.8) is 0 Å². The second kappa shape index (κ2) is 11.2. The number of azo groups is 1. The summed E-state index contributed by atoms with van der Waals surface area (Å²) in [7, 11) is 2.97. The van der Waals surface area contributed by atoms with E-state index < -0.39 is 17.6 Å². The molecule has 1 atom stereocenters. The number of benzene rings is 3. The highest BCUT2D eigenvalue weighted by Gasteiger charge is 2.29. The number of Topliss-reactive ketones (excluding diaryl/α,β-unsaturated/α-hetero) is 2. The number of ketones is 2. The zero-order valence-corrected chi connectivity index (χ0v) is 19.2. The molecule has 0 fully saturated rings. The van der Waals surface area contributed by atoms with Gasteiger partial charge in [0.2, 0.25) is 0 Å². The molecular formula is C25H23ClN2O5. The molecule has 3 rings (SSSR count). The van der Waals surface area contributed by atoms with E-state index in [1.807, 2.05) is 6.92 Å². The average Bonchev–Trinajstić information content (AvgIpc) is 2.85. The number of carbonyl (C=O) groups excluding carboxylic acids is 2. The molecule has 0 radical (unpaired) electrons. The third-order valence-corrected chi connectivity index (χ3v) is 4.98. The van der Waals surface area contributed by atoms with Crippen molar-refractivity contribution < 1.29 is 23.8 Å². The lowest BCUT2D eigenvalue weighted by Crippen LogP contribution is -2.28. The summed E-state index contributed by atoms with van der Waals surface area (Å²) in [5.41, 5.74) is 1.02. The topological polar surface area (TPSA) is 86.6 Å². The number of rotatable bonds is 10. The molecule has 0 bridgehead atoms. The Morgan fingerprint density at radius 3 is 2.06 bits per heavy atom. The van der Waals surface area contributed by atoms with Crippen LogP contribution in [0.3, 0.4) is 0 Å². The molecule has 0 N–H and O–H groups in total. The molecule has 0 aliphatic rings. The summed E-state index contributed by atoms with van der Waals surface area (Å²) in [6.07, 6.45) is 0. The van der Waals surface area contributed by atoms with Gasteiger partial charge in [0.1, 0.15) is 5.75 Å². The summed E-state index contributed by atoms with van der Waals surface area (Å²) in [5.74, 6) is 0.444. The van der Waals surface area contributed by atoms with E-state index in [1.165, 1.54) is 20.3 Å². The molecule has 0 aliphatic carbocycles. The van der Waals surface area contributed by atoms with Crippen molar-refractivity contribution >= 4 is 28.9 Å². The normalized spacial score (nSPS) is 11.8. The zero-order valence-electron chi connectivity index (χ0n) is 18.4. The number of methoxy groups -OCH3 is 2. The van der Waals surface area contributed by atoms with Crippen LogP contribution in [0.15, 0.2) is 77.0 Å².